The van der Waals surface area contributed by atoms with Crippen LogP contribution in [-0.2, 0) is 4.79 Å². The molecule has 1 aromatic heterocycles. The van der Waals surface area contributed by atoms with Gasteiger partial charge in [-0.1, -0.05) is 6.07 Å². The largest absolute Gasteiger partial charge is 0.389 e. The van der Waals surface area contributed by atoms with Crippen LogP contribution in [0.2, 0.25) is 0 Å². The fourth-order valence-corrected chi connectivity index (χ4v) is 2.09. The van der Waals surface area contributed by atoms with Gasteiger partial charge >= 0.3 is 6.18 Å². The van der Waals surface area contributed by atoms with Gasteiger partial charge in [-0.05, 0) is 24.3 Å². The molecule has 7 heteroatoms. The van der Waals surface area contributed by atoms with E-state index in [1.165, 1.54) is 11.3 Å². The Morgan fingerprint density at radius 3 is 2.72 bits per heavy atom. The van der Waals surface area contributed by atoms with Gasteiger partial charge in [0, 0.05) is 17.8 Å². The quantitative estimate of drug-likeness (QED) is 0.787. The molecule has 0 bridgehead atoms. The molecule has 0 aliphatic carbocycles. The molecule has 18 heavy (non-hydrogen) atoms. The minimum absolute atomic E-state index is 0.0119. The van der Waals surface area contributed by atoms with E-state index in [0.717, 1.165) is 4.88 Å². The van der Waals surface area contributed by atoms with E-state index < -0.39 is 18.6 Å². The second-order valence-electron chi connectivity index (χ2n) is 3.86. The Morgan fingerprint density at radius 1 is 1.44 bits per heavy atom. The first-order chi connectivity index (χ1) is 8.40. The van der Waals surface area contributed by atoms with Crippen LogP contribution in [0.25, 0.3) is 0 Å². The van der Waals surface area contributed by atoms with Crippen LogP contribution in [0.4, 0.5) is 13.2 Å². The molecule has 0 radical (unpaired) electrons. The molecule has 1 heterocycles. The Balaban J connectivity index is 2.18. The molecular formula is C11H15F3N2OS. The molecule has 1 amide bonds. The van der Waals surface area contributed by atoms with Crippen molar-refractivity contribution in [2.45, 2.75) is 31.5 Å². The molecule has 3 N–H and O–H groups in total. The predicted octanol–water partition coefficient (Wildman–Crippen LogP) is 2.60. The van der Waals surface area contributed by atoms with Gasteiger partial charge in [0.25, 0.3) is 0 Å². The summed E-state index contributed by atoms with van der Waals surface area (Å²) in [5.74, 6) is -0.357. The second-order valence-corrected chi connectivity index (χ2v) is 4.84. The van der Waals surface area contributed by atoms with Gasteiger partial charge in [0.2, 0.25) is 5.91 Å². The van der Waals surface area contributed by atoms with Crippen molar-refractivity contribution in [1.82, 2.24) is 5.32 Å². The zero-order valence-electron chi connectivity index (χ0n) is 9.67. The molecule has 0 aromatic carbocycles. The van der Waals surface area contributed by atoms with E-state index in [0.29, 0.717) is 6.42 Å². The van der Waals surface area contributed by atoms with Crippen LogP contribution in [0.15, 0.2) is 17.5 Å². The number of halogens is 3. The lowest BCUT2D eigenvalue weighted by Gasteiger charge is -2.11. The van der Waals surface area contributed by atoms with Gasteiger partial charge in [0.15, 0.2) is 0 Å². The molecule has 1 rings (SSSR count). The SMILES string of the molecule is NC(C(=O)NCCCCC(F)(F)F)c1cccs1. The highest BCUT2D eigenvalue weighted by Gasteiger charge is 2.25. The van der Waals surface area contributed by atoms with Crippen LogP contribution in [0.5, 0.6) is 0 Å². The van der Waals surface area contributed by atoms with E-state index in [4.69, 9.17) is 5.73 Å². The summed E-state index contributed by atoms with van der Waals surface area (Å²) < 4.78 is 35.5. The third kappa shape index (κ3) is 5.50. The molecule has 102 valence electrons. The highest BCUT2D eigenvalue weighted by Crippen LogP contribution is 2.22. The molecule has 3 nitrogen and oxygen atoms in total. The van der Waals surface area contributed by atoms with Crippen molar-refractivity contribution in [2.75, 3.05) is 6.54 Å². The normalized spacial score (nSPS) is 13.3. The third-order valence-electron chi connectivity index (χ3n) is 2.32. The van der Waals surface area contributed by atoms with Crippen molar-refractivity contribution in [2.24, 2.45) is 5.73 Å². The number of carbonyl (C=O) groups excluding carboxylic acids is 1. The maximum absolute atomic E-state index is 11.8. The average Bonchev–Trinajstić information content (AvgIpc) is 2.79. The van der Waals surface area contributed by atoms with Gasteiger partial charge in [0.05, 0.1) is 0 Å². The van der Waals surface area contributed by atoms with Gasteiger partial charge in [-0.25, -0.2) is 0 Å². The number of alkyl halides is 3. The van der Waals surface area contributed by atoms with Crippen molar-refractivity contribution in [3.8, 4) is 0 Å². The highest BCUT2D eigenvalue weighted by atomic mass is 32.1. The molecule has 0 saturated carbocycles. The molecular weight excluding hydrogens is 265 g/mol. The summed E-state index contributed by atoms with van der Waals surface area (Å²) in [6.45, 7) is 0.216. The minimum Gasteiger partial charge on any atom is -0.354 e. The van der Waals surface area contributed by atoms with Crippen molar-refractivity contribution in [3.05, 3.63) is 22.4 Å². The number of nitrogens with one attached hydrogen (secondary N) is 1. The predicted molar refractivity (Wildman–Crippen MR) is 64.2 cm³/mol. The van der Waals surface area contributed by atoms with Crippen LogP contribution in [0.1, 0.15) is 30.2 Å². The number of hydrogen-bond acceptors (Lipinski definition) is 3. The fraction of sp³-hybridized carbons (Fsp3) is 0.545. The van der Waals surface area contributed by atoms with Gasteiger partial charge in [-0.15, -0.1) is 11.3 Å². The van der Waals surface area contributed by atoms with E-state index in [1.54, 1.807) is 12.1 Å². The number of nitrogens with two attached hydrogens (primary N) is 1. The average molecular weight is 280 g/mol. The number of unbranched alkanes of at least 4 members (excludes halogenated alkanes) is 1. The lowest BCUT2D eigenvalue weighted by atomic mass is 10.2. The maximum Gasteiger partial charge on any atom is 0.389 e. The summed E-state index contributed by atoms with van der Waals surface area (Å²) in [6, 6.07) is 2.79. The molecule has 1 aromatic rings. The zero-order chi connectivity index (χ0) is 13.6. The van der Waals surface area contributed by atoms with Crippen LogP contribution >= 0.6 is 11.3 Å². The Morgan fingerprint density at radius 2 is 2.17 bits per heavy atom. The second kappa shape index (κ2) is 6.75. The molecule has 0 aliphatic heterocycles. The highest BCUT2D eigenvalue weighted by molar-refractivity contribution is 7.10. The summed E-state index contributed by atoms with van der Waals surface area (Å²) in [5, 5.41) is 4.34. The van der Waals surface area contributed by atoms with Crippen LogP contribution in [0.3, 0.4) is 0 Å². The number of carbonyl (C=O) groups is 1. The van der Waals surface area contributed by atoms with E-state index in [2.05, 4.69) is 5.32 Å². The molecule has 0 aliphatic rings. The maximum atomic E-state index is 11.8. The van der Waals surface area contributed by atoms with Crippen molar-refractivity contribution in [3.63, 3.8) is 0 Å². The Hall–Kier alpha value is -1.08. The van der Waals surface area contributed by atoms with Gasteiger partial charge in [-0.3, -0.25) is 4.79 Å². The first-order valence-corrected chi connectivity index (χ1v) is 6.41. The molecule has 0 fully saturated rings. The summed E-state index contributed by atoms with van der Waals surface area (Å²) in [5.41, 5.74) is 5.69. The fourth-order valence-electron chi connectivity index (χ4n) is 1.37. The van der Waals surface area contributed by atoms with Crippen LogP contribution < -0.4 is 11.1 Å². The lowest BCUT2D eigenvalue weighted by Crippen LogP contribution is -2.34. The van der Waals surface area contributed by atoms with Crippen molar-refractivity contribution < 1.29 is 18.0 Å². The van der Waals surface area contributed by atoms with Crippen molar-refractivity contribution in [1.29, 1.82) is 0 Å². The summed E-state index contributed by atoms with van der Waals surface area (Å²) in [6.07, 6.45) is -4.64. The van der Waals surface area contributed by atoms with Gasteiger partial charge in [-0.2, -0.15) is 13.2 Å². The number of rotatable bonds is 6. The smallest absolute Gasteiger partial charge is 0.354 e. The van der Waals surface area contributed by atoms with Crippen LogP contribution in [0, 0.1) is 0 Å². The first kappa shape index (κ1) is 15.0. The van der Waals surface area contributed by atoms with Crippen LogP contribution in [-0.4, -0.2) is 18.6 Å². The van der Waals surface area contributed by atoms with E-state index in [9.17, 15) is 18.0 Å². The Bertz CT molecular complexity index is 365. The topological polar surface area (TPSA) is 55.1 Å². The van der Waals surface area contributed by atoms with E-state index in [1.807, 2.05) is 5.38 Å². The van der Waals surface area contributed by atoms with Gasteiger partial charge in [0.1, 0.15) is 6.04 Å². The zero-order valence-corrected chi connectivity index (χ0v) is 10.5. The number of hydrogen-bond donors (Lipinski definition) is 2. The Kier molecular flexibility index (Phi) is 5.61. The molecule has 0 spiro atoms. The van der Waals surface area contributed by atoms with E-state index in [-0.39, 0.29) is 18.9 Å². The summed E-state index contributed by atoms with van der Waals surface area (Å²) >= 11 is 1.37. The summed E-state index contributed by atoms with van der Waals surface area (Å²) in [7, 11) is 0. The monoisotopic (exact) mass is 280 g/mol. The Labute approximate surface area is 107 Å². The van der Waals surface area contributed by atoms with Crippen molar-refractivity contribution >= 4 is 17.2 Å². The standard InChI is InChI=1S/C11H15F3N2OS/c12-11(13,14)5-1-2-6-16-10(17)9(15)8-4-3-7-18-8/h3-4,7,9H,1-2,5-6,15H2,(H,16,17). The summed E-state index contributed by atoms with van der Waals surface area (Å²) in [4.78, 5) is 12.3. The molecule has 0 saturated heterocycles. The third-order valence-corrected chi connectivity index (χ3v) is 3.27. The van der Waals surface area contributed by atoms with Gasteiger partial charge < -0.3 is 11.1 Å². The first-order valence-electron chi connectivity index (χ1n) is 5.53. The lowest BCUT2D eigenvalue weighted by molar-refractivity contribution is -0.135. The number of thiophene rings is 1. The molecule has 1 atom stereocenters. The van der Waals surface area contributed by atoms with E-state index >= 15 is 0 Å². The minimum atomic E-state index is -4.13. The number of amides is 1. The molecule has 1 unspecified atom stereocenters.